The summed E-state index contributed by atoms with van der Waals surface area (Å²) in [5, 5.41) is 10.1. The molecular weight excluding hydrogens is 336 g/mol. The molecule has 0 saturated carbocycles. The van der Waals surface area contributed by atoms with Crippen LogP contribution in [-0.2, 0) is 11.3 Å². The maximum absolute atomic E-state index is 12.1. The van der Waals surface area contributed by atoms with Crippen molar-refractivity contribution in [2.24, 2.45) is 5.92 Å². The molecule has 2 aromatic rings. The Morgan fingerprint density at radius 1 is 1.28 bits per heavy atom. The van der Waals surface area contributed by atoms with Gasteiger partial charge >= 0.3 is 5.97 Å². The summed E-state index contributed by atoms with van der Waals surface area (Å²) in [6.07, 6.45) is 0. The molecule has 128 valence electrons. The molecule has 0 amide bonds. The summed E-state index contributed by atoms with van der Waals surface area (Å²) in [5.41, 5.74) is 2.49. The molecule has 1 aliphatic rings. The molecule has 3 rings (SSSR count). The van der Waals surface area contributed by atoms with Gasteiger partial charge in [-0.3, -0.25) is 4.90 Å². The van der Waals surface area contributed by atoms with E-state index in [2.05, 4.69) is 23.1 Å². The van der Waals surface area contributed by atoms with Crippen molar-refractivity contribution < 1.29 is 9.53 Å². The van der Waals surface area contributed by atoms with Crippen molar-refractivity contribution in [2.45, 2.75) is 12.5 Å². The maximum Gasteiger partial charge on any atom is 0.338 e. The molecule has 0 aliphatic carbocycles. The van der Waals surface area contributed by atoms with Crippen LogP contribution in [0.4, 0.5) is 0 Å². The van der Waals surface area contributed by atoms with Gasteiger partial charge in [0.1, 0.15) is 0 Å². The van der Waals surface area contributed by atoms with E-state index < -0.39 is 5.97 Å². The molecule has 0 N–H and O–H groups in total. The predicted molar refractivity (Wildman–Crippen MR) is 96.4 cm³/mol. The first-order valence-corrected chi connectivity index (χ1v) is 8.54. The minimum Gasteiger partial charge on any atom is -0.465 e. The quantitative estimate of drug-likeness (QED) is 0.782. The third kappa shape index (κ3) is 3.84. The second kappa shape index (κ2) is 7.69. The molecular formula is C20H19ClN2O2. The van der Waals surface area contributed by atoms with Gasteiger partial charge in [-0.25, -0.2) is 4.79 Å². The number of likely N-dealkylation sites (tertiary alicyclic amines) is 1. The monoisotopic (exact) mass is 354 g/mol. The lowest BCUT2D eigenvalue weighted by Gasteiger charge is -2.18. The predicted octanol–water partition coefficient (Wildman–Crippen LogP) is 3.87. The van der Waals surface area contributed by atoms with E-state index in [1.165, 1.54) is 12.7 Å². The summed E-state index contributed by atoms with van der Waals surface area (Å²) in [6.45, 7) is 2.19. The van der Waals surface area contributed by atoms with Gasteiger partial charge in [-0.1, -0.05) is 48.0 Å². The summed E-state index contributed by atoms with van der Waals surface area (Å²) in [6, 6.07) is 17.8. The number of ether oxygens (including phenoxy) is 1. The van der Waals surface area contributed by atoms with Crippen LogP contribution in [0.1, 0.15) is 27.4 Å². The van der Waals surface area contributed by atoms with Gasteiger partial charge in [-0.05, 0) is 23.3 Å². The largest absolute Gasteiger partial charge is 0.465 e. The Morgan fingerprint density at radius 3 is 2.72 bits per heavy atom. The topological polar surface area (TPSA) is 53.3 Å². The Bertz CT molecular complexity index is 801. The second-order valence-corrected chi connectivity index (χ2v) is 6.68. The molecule has 1 heterocycles. The fraction of sp³-hybridized carbons (Fsp3) is 0.300. The molecule has 5 heteroatoms. The fourth-order valence-electron chi connectivity index (χ4n) is 3.44. The van der Waals surface area contributed by atoms with Crippen LogP contribution in [0.2, 0.25) is 5.02 Å². The van der Waals surface area contributed by atoms with E-state index >= 15 is 0 Å². The number of nitriles is 1. The summed E-state index contributed by atoms with van der Waals surface area (Å²) < 4.78 is 4.89. The van der Waals surface area contributed by atoms with Crippen molar-refractivity contribution in [1.82, 2.24) is 4.90 Å². The Hall–Kier alpha value is -2.35. The van der Waals surface area contributed by atoms with E-state index in [0.29, 0.717) is 17.1 Å². The standard InChI is InChI=1S/C20H19ClN2O2/c1-25-20(24)18-9-16(21)7-8-17(18)19-13-23(12-15(19)10-22)11-14-5-3-2-4-6-14/h2-9,15,19H,11-13H2,1H3. The molecule has 2 atom stereocenters. The van der Waals surface area contributed by atoms with Crippen LogP contribution in [0.25, 0.3) is 0 Å². The number of methoxy groups -OCH3 is 1. The smallest absolute Gasteiger partial charge is 0.338 e. The van der Waals surface area contributed by atoms with Crippen molar-refractivity contribution in [3.63, 3.8) is 0 Å². The first-order chi connectivity index (χ1) is 12.1. The van der Waals surface area contributed by atoms with Gasteiger partial charge in [0.05, 0.1) is 24.7 Å². The maximum atomic E-state index is 12.1. The number of rotatable bonds is 4. The molecule has 1 aliphatic heterocycles. The van der Waals surface area contributed by atoms with E-state index in [9.17, 15) is 10.1 Å². The lowest BCUT2D eigenvalue weighted by atomic mass is 9.87. The van der Waals surface area contributed by atoms with Gasteiger partial charge in [-0.15, -0.1) is 0 Å². The van der Waals surface area contributed by atoms with Crippen molar-refractivity contribution in [2.75, 3.05) is 20.2 Å². The average Bonchev–Trinajstić information content (AvgIpc) is 3.04. The Labute approximate surface area is 152 Å². The minimum absolute atomic E-state index is 0.0416. The number of hydrogen-bond acceptors (Lipinski definition) is 4. The van der Waals surface area contributed by atoms with Crippen LogP contribution in [0.5, 0.6) is 0 Å². The van der Waals surface area contributed by atoms with Gasteiger partial charge in [0, 0.05) is 30.6 Å². The zero-order valence-corrected chi connectivity index (χ0v) is 14.7. The van der Waals surface area contributed by atoms with Crippen molar-refractivity contribution in [1.29, 1.82) is 5.26 Å². The van der Waals surface area contributed by atoms with Crippen LogP contribution >= 0.6 is 11.6 Å². The lowest BCUT2D eigenvalue weighted by molar-refractivity contribution is 0.0598. The lowest BCUT2D eigenvalue weighted by Crippen LogP contribution is -2.20. The first kappa shape index (κ1) is 17.5. The normalized spacial score (nSPS) is 20.2. The van der Waals surface area contributed by atoms with E-state index in [0.717, 1.165) is 18.7 Å². The highest BCUT2D eigenvalue weighted by molar-refractivity contribution is 6.31. The van der Waals surface area contributed by atoms with Gasteiger partial charge in [-0.2, -0.15) is 5.26 Å². The van der Waals surface area contributed by atoms with Crippen LogP contribution in [-0.4, -0.2) is 31.1 Å². The van der Waals surface area contributed by atoms with Crippen LogP contribution < -0.4 is 0 Å². The number of hydrogen-bond donors (Lipinski definition) is 0. The molecule has 0 bridgehead atoms. The van der Waals surface area contributed by atoms with Crippen LogP contribution in [0.15, 0.2) is 48.5 Å². The Kier molecular flexibility index (Phi) is 5.37. The van der Waals surface area contributed by atoms with E-state index in [1.807, 2.05) is 24.3 Å². The number of carbonyl (C=O) groups is 1. The van der Waals surface area contributed by atoms with E-state index in [1.54, 1.807) is 12.1 Å². The van der Waals surface area contributed by atoms with Crippen molar-refractivity contribution in [3.8, 4) is 6.07 Å². The first-order valence-electron chi connectivity index (χ1n) is 8.16. The molecule has 1 saturated heterocycles. The Morgan fingerprint density at radius 2 is 2.04 bits per heavy atom. The van der Waals surface area contributed by atoms with Crippen molar-refractivity contribution in [3.05, 3.63) is 70.2 Å². The Balaban J connectivity index is 1.87. The second-order valence-electron chi connectivity index (χ2n) is 6.24. The van der Waals surface area contributed by atoms with E-state index in [4.69, 9.17) is 16.3 Å². The SMILES string of the molecule is COC(=O)c1cc(Cl)ccc1C1CN(Cc2ccccc2)CC1C#N. The molecule has 25 heavy (non-hydrogen) atoms. The van der Waals surface area contributed by atoms with E-state index in [-0.39, 0.29) is 11.8 Å². The summed E-state index contributed by atoms with van der Waals surface area (Å²) in [4.78, 5) is 14.4. The molecule has 0 radical (unpaired) electrons. The molecule has 0 aromatic heterocycles. The highest BCUT2D eigenvalue weighted by atomic mass is 35.5. The van der Waals surface area contributed by atoms with Gasteiger partial charge < -0.3 is 4.74 Å². The number of nitrogens with zero attached hydrogens (tertiary/aromatic N) is 2. The van der Waals surface area contributed by atoms with Crippen LogP contribution in [0, 0.1) is 17.2 Å². The molecule has 0 spiro atoms. The van der Waals surface area contributed by atoms with Gasteiger partial charge in [0.2, 0.25) is 0 Å². The zero-order valence-electron chi connectivity index (χ0n) is 14.0. The minimum atomic E-state index is -0.421. The summed E-state index contributed by atoms with van der Waals surface area (Å²) >= 11 is 6.05. The molecule has 2 unspecified atom stereocenters. The molecule has 2 aromatic carbocycles. The number of carbonyl (C=O) groups excluding carboxylic acids is 1. The average molecular weight is 355 g/mol. The highest BCUT2D eigenvalue weighted by Crippen LogP contribution is 2.36. The fourth-order valence-corrected chi connectivity index (χ4v) is 3.61. The summed E-state index contributed by atoms with van der Waals surface area (Å²) in [5.74, 6) is -0.635. The molecule has 1 fully saturated rings. The zero-order chi connectivity index (χ0) is 17.8. The third-order valence-corrected chi connectivity index (χ3v) is 4.87. The highest BCUT2D eigenvalue weighted by Gasteiger charge is 2.36. The molecule has 4 nitrogen and oxygen atoms in total. The van der Waals surface area contributed by atoms with Crippen molar-refractivity contribution >= 4 is 17.6 Å². The van der Waals surface area contributed by atoms with Gasteiger partial charge in [0.15, 0.2) is 0 Å². The number of benzene rings is 2. The third-order valence-electron chi connectivity index (χ3n) is 4.63. The summed E-state index contributed by atoms with van der Waals surface area (Å²) in [7, 11) is 1.35. The van der Waals surface area contributed by atoms with Crippen LogP contribution in [0.3, 0.4) is 0 Å². The number of halogens is 1. The number of esters is 1. The van der Waals surface area contributed by atoms with Gasteiger partial charge in [0.25, 0.3) is 0 Å².